The van der Waals surface area contributed by atoms with Crippen LogP contribution in [0.5, 0.6) is 0 Å². The lowest BCUT2D eigenvalue weighted by molar-refractivity contribution is -0.110. The van der Waals surface area contributed by atoms with Gasteiger partial charge in [-0.05, 0) is 67.4 Å². The first-order chi connectivity index (χ1) is 16.2. The van der Waals surface area contributed by atoms with Crippen LogP contribution in [0.4, 0.5) is 17.1 Å². The number of fused-ring (bicyclic) bond motifs is 1. The molecule has 2 aliphatic heterocycles. The Morgan fingerprint density at radius 1 is 0.909 bits per heavy atom. The molecule has 0 atom stereocenters. The fraction of sp³-hybridized carbons (Fsp3) is 0.250. The maximum Gasteiger partial charge on any atom is 0.258 e. The zero-order chi connectivity index (χ0) is 22.6. The fourth-order valence-corrected chi connectivity index (χ4v) is 4.67. The number of benzene rings is 3. The SMILES string of the molecule is CNc1ccc2c(c1)NC(=O)C2=C(Nc1ccc(CN2CCCCC2)cc1)c1ccccc1. The molecule has 0 aliphatic carbocycles. The third kappa shape index (κ3) is 4.64. The third-order valence-corrected chi connectivity index (χ3v) is 6.44. The molecular formula is C28H30N4O. The van der Waals surface area contributed by atoms with Crippen molar-refractivity contribution in [2.24, 2.45) is 0 Å². The summed E-state index contributed by atoms with van der Waals surface area (Å²) >= 11 is 0. The standard InChI is InChI=1S/C28H30N4O/c1-29-23-14-15-24-25(18-23)31-28(33)26(24)27(21-8-4-2-5-9-21)30-22-12-10-20(11-13-22)19-32-16-6-3-7-17-32/h2,4-5,8-15,18,29-30H,3,6-7,16-17,19H2,1H3,(H,31,33). The van der Waals surface area contributed by atoms with Gasteiger partial charge >= 0.3 is 0 Å². The van der Waals surface area contributed by atoms with E-state index in [1.54, 1.807) is 0 Å². The Morgan fingerprint density at radius 2 is 1.64 bits per heavy atom. The summed E-state index contributed by atoms with van der Waals surface area (Å²) in [5, 5.41) is 9.72. The van der Waals surface area contributed by atoms with Crippen LogP contribution in [-0.4, -0.2) is 30.9 Å². The molecule has 2 aliphatic rings. The Labute approximate surface area is 195 Å². The van der Waals surface area contributed by atoms with E-state index in [9.17, 15) is 4.79 Å². The molecule has 1 saturated heterocycles. The number of anilines is 3. The summed E-state index contributed by atoms with van der Waals surface area (Å²) in [6.45, 7) is 3.37. The molecule has 0 saturated carbocycles. The van der Waals surface area contributed by atoms with Crippen LogP contribution in [0.15, 0.2) is 72.8 Å². The van der Waals surface area contributed by atoms with Crippen LogP contribution in [0.1, 0.15) is 36.0 Å². The van der Waals surface area contributed by atoms with E-state index >= 15 is 0 Å². The molecular weight excluding hydrogens is 408 g/mol. The van der Waals surface area contributed by atoms with Crippen LogP contribution < -0.4 is 16.0 Å². The Morgan fingerprint density at radius 3 is 2.36 bits per heavy atom. The van der Waals surface area contributed by atoms with Gasteiger partial charge in [-0.1, -0.05) is 48.9 Å². The van der Waals surface area contributed by atoms with Crippen LogP contribution in [0.25, 0.3) is 11.3 Å². The van der Waals surface area contributed by atoms with Crippen LogP contribution >= 0.6 is 0 Å². The number of carbonyl (C=O) groups is 1. The van der Waals surface area contributed by atoms with Gasteiger partial charge < -0.3 is 16.0 Å². The topological polar surface area (TPSA) is 56.4 Å². The van der Waals surface area contributed by atoms with E-state index in [1.165, 1.54) is 37.9 Å². The van der Waals surface area contributed by atoms with Crippen LogP contribution in [0.3, 0.4) is 0 Å². The highest BCUT2D eigenvalue weighted by molar-refractivity contribution is 6.37. The summed E-state index contributed by atoms with van der Waals surface area (Å²) in [5.74, 6) is -0.0914. The number of nitrogens with zero attached hydrogens (tertiary/aromatic N) is 1. The molecule has 1 fully saturated rings. The summed E-state index contributed by atoms with van der Waals surface area (Å²) in [6, 6.07) is 24.6. The molecule has 0 unspecified atom stereocenters. The smallest absolute Gasteiger partial charge is 0.258 e. The molecule has 3 aromatic rings. The summed E-state index contributed by atoms with van der Waals surface area (Å²) in [7, 11) is 1.88. The number of carbonyl (C=O) groups excluding carboxylic acids is 1. The van der Waals surface area contributed by atoms with E-state index < -0.39 is 0 Å². The molecule has 5 nitrogen and oxygen atoms in total. The first-order valence-corrected chi connectivity index (χ1v) is 11.7. The maximum absolute atomic E-state index is 13.1. The predicted octanol–water partition coefficient (Wildman–Crippen LogP) is 5.65. The number of amides is 1. The minimum atomic E-state index is -0.0914. The Hall–Kier alpha value is -3.57. The summed E-state index contributed by atoms with van der Waals surface area (Å²) in [5.41, 5.74) is 7.45. The lowest BCUT2D eigenvalue weighted by Crippen LogP contribution is -2.29. The van der Waals surface area contributed by atoms with Gasteiger partial charge in [0, 0.05) is 30.5 Å². The average molecular weight is 439 g/mol. The maximum atomic E-state index is 13.1. The monoisotopic (exact) mass is 438 g/mol. The van der Waals surface area contributed by atoms with Crippen molar-refractivity contribution < 1.29 is 4.79 Å². The number of piperidine rings is 1. The highest BCUT2D eigenvalue weighted by atomic mass is 16.2. The van der Waals surface area contributed by atoms with E-state index in [4.69, 9.17) is 0 Å². The third-order valence-electron chi connectivity index (χ3n) is 6.44. The van der Waals surface area contributed by atoms with Gasteiger partial charge in [0.05, 0.1) is 17.0 Å². The lowest BCUT2D eigenvalue weighted by Gasteiger charge is -2.26. The molecule has 5 rings (SSSR count). The van der Waals surface area contributed by atoms with Crippen molar-refractivity contribution in [3.8, 4) is 0 Å². The second-order valence-electron chi connectivity index (χ2n) is 8.74. The molecule has 0 bridgehead atoms. The Bertz CT molecular complexity index is 1160. The number of rotatable bonds is 6. The lowest BCUT2D eigenvalue weighted by atomic mass is 9.99. The predicted molar refractivity (Wildman–Crippen MR) is 137 cm³/mol. The minimum absolute atomic E-state index is 0.0914. The second kappa shape index (κ2) is 9.51. The Kier molecular flexibility index (Phi) is 6.13. The zero-order valence-corrected chi connectivity index (χ0v) is 19.0. The zero-order valence-electron chi connectivity index (χ0n) is 19.0. The van der Waals surface area contributed by atoms with Crippen LogP contribution in [0.2, 0.25) is 0 Å². The number of nitrogens with one attached hydrogen (secondary N) is 3. The first-order valence-electron chi connectivity index (χ1n) is 11.7. The van der Waals surface area contributed by atoms with Crippen molar-refractivity contribution in [1.82, 2.24) is 4.90 Å². The number of hydrogen-bond donors (Lipinski definition) is 3. The van der Waals surface area contributed by atoms with Gasteiger partial charge in [-0.3, -0.25) is 9.69 Å². The van der Waals surface area contributed by atoms with Gasteiger partial charge in [-0.2, -0.15) is 0 Å². The fourth-order valence-electron chi connectivity index (χ4n) is 4.67. The van der Waals surface area contributed by atoms with Gasteiger partial charge in [0.15, 0.2) is 0 Å². The van der Waals surface area contributed by atoms with Gasteiger partial charge in [-0.15, -0.1) is 0 Å². The molecule has 0 radical (unpaired) electrons. The highest BCUT2D eigenvalue weighted by Crippen LogP contribution is 2.38. The molecule has 3 N–H and O–H groups in total. The summed E-state index contributed by atoms with van der Waals surface area (Å²) in [6.07, 6.45) is 3.95. The number of likely N-dealkylation sites (tertiary alicyclic amines) is 1. The van der Waals surface area contributed by atoms with Crippen LogP contribution in [-0.2, 0) is 11.3 Å². The quantitative estimate of drug-likeness (QED) is 0.436. The second-order valence-corrected chi connectivity index (χ2v) is 8.74. The van der Waals surface area contributed by atoms with E-state index in [0.29, 0.717) is 5.57 Å². The van der Waals surface area contributed by atoms with Crippen molar-refractivity contribution in [3.63, 3.8) is 0 Å². The molecule has 2 heterocycles. The molecule has 5 heteroatoms. The van der Waals surface area contributed by atoms with Crippen molar-refractivity contribution in [2.75, 3.05) is 36.1 Å². The van der Waals surface area contributed by atoms with Crippen molar-refractivity contribution in [1.29, 1.82) is 0 Å². The van der Waals surface area contributed by atoms with E-state index in [1.807, 2.05) is 55.6 Å². The Balaban J connectivity index is 1.47. The summed E-state index contributed by atoms with van der Waals surface area (Å²) < 4.78 is 0. The molecule has 168 valence electrons. The van der Waals surface area contributed by atoms with Crippen molar-refractivity contribution in [3.05, 3.63) is 89.5 Å². The van der Waals surface area contributed by atoms with E-state index in [-0.39, 0.29) is 5.91 Å². The summed E-state index contributed by atoms with van der Waals surface area (Å²) in [4.78, 5) is 15.6. The molecule has 3 aromatic carbocycles. The molecule has 0 aromatic heterocycles. The molecule has 1 amide bonds. The van der Waals surface area contributed by atoms with Gasteiger partial charge in [0.2, 0.25) is 0 Å². The van der Waals surface area contributed by atoms with Crippen LogP contribution in [0, 0.1) is 0 Å². The van der Waals surface area contributed by atoms with Crippen molar-refractivity contribution in [2.45, 2.75) is 25.8 Å². The molecule has 0 spiro atoms. The van der Waals surface area contributed by atoms with E-state index in [2.05, 4.69) is 45.1 Å². The van der Waals surface area contributed by atoms with Gasteiger partial charge in [0.25, 0.3) is 5.91 Å². The normalized spacial score (nSPS) is 17.3. The largest absolute Gasteiger partial charge is 0.388 e. The van der Waals surface area contributed by atoms with E-state index in [0.717, 1.165) is 40.4 Å². The van der Waals surface area contributed by atoms with Gasteiger partial charge in [0.1, 0.15) is 0 Å². The minimum Gasteiger partial charge on any atom is -0.388 e. The molecule has 33 heavy (non-hydrogen) atoms. The van der Waals surface area contributed by atoms with Gasteiger partial charge in [-0.25, -0.2) is 0 Å². The average Bonchev–Trinajstić information content (AvgIpc) is 3.19. The first kappa shape index (κ1) is 21.3. The highest BCUT2D eigenvalue weighted by Gasteiger charge is 2.28. The number of hydrogen-bond acceptors (Lipinski definition) is 4. The van der Waals surface area contributed by atoms with Crippen molar-refractivity contribution >= 4 is 34.2 Å².